The largest absolute Gasteiger partial charge is 0.244 e. The number of unbranched alkanes of at least 4 members (excludes halogenated alkanes) is 2. The Labute approximate surface area is 102 Å². The highest BCUT2D eigenvalue weighted by atomic mass is 32.2. The molecule has 0 bridgehead atoms. The lowest BCUT2D eigenvalue weighted by Crippen LogP contribution is -2.24. The van der Waals surface area contributed by atoms with Crippen LogP contribution in [0.5, 0.6) is 0 Å². The lowest BCUT2D eigenvalue weighted by molar-refractivity contribution is 0.575. The van der Waals surface area contributed by atoms with E-state index in [4.69, 9.17) is 5.26 Å². The summed E-state index contributed by atoms with van der Waals surface area (Å²) in [6, 6.07) is 4.61. The van der Waals surface area contributed by atoms with E-state index in [0.717, 1.165) is 19.3 Å². The minimum atomic E-state index is -3.49. The summed E-state index contributed by atoms with van der Waals surface area (Å²) in [5.74, 6) is 0. The van der Waals surface area contributed by atoms with Crippen molar-refractivity contribution in [1.29, 1.82) is 5.26 Å². The number of aromatic nitrogens is 1. The first kappa shape index (κ1) is 13.6. The Morgan fingerprint density at radius 2 is 2.18 bits per heavy atom. The number of hydrogen-bond acceptors (Lipinski definition) is 4. The highest BCUT2D eigenvalue weighted by molar-refractivity contribution is 7.89. The number of nitrogens with one attached hydrogen (secondary N) is 1. The molecule has 92 valence electrons. The molecule has 6 heteroatoms. The second-order valence-corrected chi connectivity index (χ2v) is 5.36. The predicted molar refractivity (Wildman–Crippen MR) is 63.7 cm³/mol. The molecule has 1 aromatic heterocycles. The first-order valence-electron chi connectivity index (χ1n) is 5.46. The molecule has 0 amide bonds. The number of sulfonamides is 1. The van der Waals surface area contributed by atoms with E-state index in [2.05, 4.69) is 16.6 Å². The van der Waals surface area contributed by atoms with Crippen LogP contribution in [-0.2, 0) is 10.0 Å². The van der Waals surface area contributed by atoms with Gasteiger partial charge in [-0.2, -0.15) is 5.26 Å². The Kier molecular flexibility index (Phi) is 5.07. The minimum Gasteiger partial charge on any atom is -0.244 e. The van der Waals surface area contributed by atoms with E-state index in [1.54, 1.807) is 0 Å². The van der Waals surface area contributed by atoms with Crippen LogP contribution in [0.15, 0.2) is 23.2 Å². The van der Waals surface area contributed by atoms with E-state index in [1.165, 1.54) is 18.3 Å². The normalized spacial score (nSPS) is 11.1. The van der Waals surface area contributed by atoms with E-state index in [-0.39, 0.29) is 10.6 Å². The summed E-state index contributed by atoms with van der Waals surface area (Å²) >= 11 is 0. The molecule has 0 aliphatic heterocycles. The van der Waals surface area contributed by atoms with Crippen molar-refractivity contribution in [2.24, 2.45) is 0 Å². The third kappa shape index (κ3) is 4.13. The number of pyridine rings is 1. The van der Waals surface area contributed by atoms with Crippen molar-refractivity contribution in [3.63, 3.8) is 0 Å². The lowest BCUT2D eigenvalue weighted by Gasteiger charge is -2.05. The fraction of sp³-hybridized carbons (Fsp3) is 0.455. The van der Waals surface area contributed by atoms with Crippen molar-refractivity contribution >= 4 is 10.0 Å². The molecule has 1 aromatic rings. The van der Waals surface area contributed by atoms with Crippen LogP contribution >= 0.6 is 0 Å². The van der Waals surface area contributed by atoms with Crippen LogP contribution in [0.25, 0.3) is 0 Å². The smallest absolute Gasteiger partial charge is 0.242 e. The fourth-order valence-electron chi connectivity index (χ4n) is 1.27. The van der Waals surface area contributed by atoms with Crippen LogP contribution in [0, 0.1) is 11.3 Å². The molecule has 1 heterocycles. The van der Waals surface area contributed by atoms with E-state index in [9.17, 15) is 8.42 Å². The molecule has 0 spiro atoms. The van der Waals surface area contributed by atoms with Gasteiger partial charge in [0.05, 0.1) is 0 Å². The van der Waals surface area contributed by atoms with E-state index in [0.29, 0.717) is 6.54 Å². The van der Waals surface area contributed by atoms with E-state index in [1.807, 2.05) is 6.07 Å². The summed E-state index contributed by atoms with van der Waals surface area (Å²) in [5.41, 5.74) is 0.204. The molecule has 0 saturated heterocycles. The summed E-state index contributed by atoms with van der Waals surface area (Å²) in [4.78, 5) is 3.82. The maximum absolute atomic E-state index is 11.8. The van der Waals surface area contributed by atoms with Crippen LogP contribution in [0.3, 0.4) is 0 Å². The molecule has 17 heavy (non-hydrogen) atoms. The van der Waals surface area contributed by atoms with Crippen LogP contribution in [-0.4, -0.2) is 19.9 Å². The third-order valence-corrected chi connectivity index (χ3v) is 3.68. The van der Waals surface area contributed by atoms with Crippen molar-refractivity contribution < 1.29 is 8.42 Å². The molecule has 0 aliphatic carbocycles. The lowest BCUT2D eigenvalue weighted by atomic mass is 10.3. The SMILES string of the molecule is CCCCCNS(=O)(=O)c1ccc(C#N)nc1. The topological polar surface area (TPSA) is 82.9 Å². The molecule has 0 aliphatic rings. The summed E-state index contributed by atoms with van der Waals surface area (Å²) in [7, 11) is -3.49. The number of hydrogen-bond donors (Lipinski definition) is 1. The number of rotatable bonds is 6. The maximum Gasteiger partial charge on any atom is 0.242 e. The van der Waals surface area contributed by atoms with Gasteiger partial charge in [-0.15, -0.1) is 0 Å². The van der Waals surface area contributed by atoms with Gasteiger partial charge >= 0.3 is 0 Å². The van der Waals surface area contributed by atoms with Gasteiger partial charge in [0.1, 0.15) is 16.7 Å². The number of nitrogens with zero attached hydrogens (tertiary/aromatic N) is 2. The summed E-state index contributed by atoms with van der Waals surface area (Å²) in [6.45, 7) is 2.48. The quantitative estimate of drug-likeness (QED) is 0.777. The molecule has 0 fully saturated rings. The Balaban J connectivity index is 2.66. The van der Waals surface area contributed by atoms with Crippen LogP contribution < -0.4 is 4.72 Å². The average molecular weight is 253 g/mol. The molecule has 5 nitrogen and oxygen atoms in total. The zero-order valence-electron chi connectivity index (χ0n) is 9.68. The molecule has 0 aromatic carbocycles. The number of nitriles is 1. The molecule has 0 atom stereocenters. The molecule has 0 unspecified atom stereocenters. The van der Waals surface area contributed by atoms with Gasteiger partial charge in [-0.3, -0.25) is 0 Å². The Bertz CT molecular complexity index is 488. The van der Waals surface area contributed by atoms with Gasteiger partial charge in [0, 0.05) is 12.7 Å². The van der Waals surface area contributed by atoms with Gasteiger partial charge in [-0.05, 0) is 18.6 Å². The van der Waals surface area contributed by atoms with Crippen LogP contribution in [0.2, 0.25) is 0 Å². The average Bonchev–Trinajstić information content (AvgIpc) is 2.35. The standard InChI is InChI=1S/C11H15N3O2S/c1-2-3-4-7-14-17(15,16)11-6-5-10(8-12)13-9-11/h5-6,9,14H,2-4,7H2,1H3. The van der Waals surface area contributed by atoms with Gasteiger partial charge in [-0.1, -0.05) is 19.8 Å². The van der Waals surface area contributed by atoms with Crippen LogP contribution in [0.4, 0.5) is 0 Å². The van der Waals surface area contributed by atoms with Crippen LogP contribution in [0.1, 0.15) is 31.9 Å². The van der Waals surface area contributed by atoms with Gasteiger partial charge in [0.15, 0.2) is 0 Å². The highest BCUT2D eigenvalue weighted by Gasteiger charge is 2.13. The van der Waals surface area contributed by atoms with Crippen molar-refractivity contribution in [2.75, 3.05) is 6.54 Å². The van der Waals surface area contributed by atoms with E-state index < -0.39 is 10.0 Å². The zero-order valence-corrected chi connectivity index (χ0v) is 10.5. The Hall–Kier alpha value is -1.45. The first-order valence-corrected chi connectivity index (χ1v) is 6.94. The molecular weight excluding hydrogens is 238 g/mol. The second kappa shape index (κ2) is 6.33. The van der Waals surface area contributed by atoms with Gasteiger partial charge in [-0.25, -0.2) is 18.1 Å². The molecular formula is C11H15N3O2S. The summed E-state index contributed by atoms with van der Waals surface area (Å²) in [5, 5.41) is 8.55. The monoisotopic (exact) mass is 253 g/mol. The summed E-state index contributed by atoms with van der Waals surface area (Å²) < 4.78 is 26.0. The molecule has 0 saturated carbocycles. The maximum atomic E-state index is 11.8. The Morgan fingerprint density at radius 1 is 1.41 bits per heavy atom. The molecule has 1 N–H and O–H groups in total. The van der Waals surface area contributed by atoms with Gasteiger partial charge in [0.25, 0.3) is 0 Å². The molecule has 0 radical (unpaired) electrons. The fourth-order valence-corrected chi connectivity index (χ4v) is 2.29. The highest BCUT2D eigenvalue weighted by Crippen LogP contribution is 2.07. The van der Waals surface area contributed by atoms with Crippen molar-refractivity contribution in [3.05, 3.63) is 24.0 Å². The first-order chi connectivity index (χ1) is 8.10. The minimum absolute atomic E-state index is 0.0907. The van der Waals surface area contributed by atoms with Crippen molar-refractivity contribution in [3.8, 4) is 6.07 Å². The Morgan fingerprint density at radius 3 is 2.71 bits per heavy atom. The summed E-state index contributed by atoms with van der Waals surface area (Å²) in [6.07, 6.45) is 4.05. The van der Waals surface area contributed by atoms with Crippen molar-refractivity contribution in [1.82, 2.24) is 9.71 Å². The van der Waals surface area contributed by atoms with Gasteiger partial charge in [0.2, 0.25) is 10.0 Å². The van der Waals surface area contributed by atoms with Crippen molar-refractivity contribution in [2.45, 2.75) is 31.1 Å². The zero-order chi connectivity index (χ0) is 12.7. The second-order valence-electron chi connectivity index (χ2n) is 3.60. The van der Waals surface area contributed by atoms with E-state index >= 15 is 0 Å². The third-order valence-electron chi connectivity index (χ3n) is 2.23. The van der Waals surface area contributed by atoms with Gasteiger partial charge < -0.3 is 0 Å². The molecule has 1 rings (SSSR count). The predicted octanol–water partition coefficient (Wildman–Crippen LogP) is 1.42.